The zero-order valence-electron chi connectivity index (χ0n) is 12.5. The second-order valence-corrected chi connectivity index (χ2v) is 5.36. The van der Waals surface area contributed by atoms with E-state index in [1.807, 2.05) is 26.8 Å². The van der Waals surface area contributed by atoms with E-state index in [1.54, 1.807) is 0 Å². The second kappa shape index (κ2) is 6.60. The Labute approximate surface area is 115 Å². The number of carboxylic acid groups (broad SMARTS) is 1. The van der Waals surface area contributed by atoms with Gasteiger partial charge in [0, 0.05) is 0 Å². The molecule has 0 amide bonds. The number of benzene rings is 1. The Hall–Kier alpha value is -1.51. The van der Waals surface area contributed by atoms with Crippen LogP contribution in [0.2, 0.25) is 0 Å². The SMILES string of the molecule is CCOc1cc(C)c(C(CC(=O)O)C(C)C)cc1C. The fourth-order valence-electron chi connectivity index (χ4n) is 2.42. The van der Waals surface area contributed by atoms with Crippen molar-refractivity contribution in [1.29, 1.82) is 0 Å². The van der Waals surface area contributed by atoms with E-state index in [9.17, 15) is 4.79 Å². The van der Waals surface area contributed by atoms with Crippen molar-refractivity contribution in [2.45, 2.75) is 47.0 Å². The summed E-state index contributed by atoms with van der Waals surface area (Å²) in [6.07, 6.45) is 0.173. The van der Waals surface area contributed by atoms with Gasteiger partial charge < -0.3 is 9.84 Å². The highest BCUT2D eigenvalue weighted by molar-refractivity contribution is 5.68. The van der Waals surface area contributed by atoms with E-state index < -0.39 is 5.97 Å². The topological polar surface area (TPSA) is 46.5 Å². The quantitative estimate of drug-likeness (QED) is 0.847. The van der Waals surface area contributed by atoms with Crippen molar-refractivity contribution in [2.24, 2.45) is 5.92 Å². The molecule has 1 aromatic rings. The molecular weight excluding hydrogens is 240 g/mol. The van der Waals surface area contributed by atoms with Crippen molar-refractivity contribution in [3.05, 3.63) is 28.8 Å². The van der Waals surface area contributed by atoms with Crippen molar-refractivity contribution >= 4 is 5.97 Å². The van der Waals surface area contributed by atoms with Gasteiger partial charge in [-0.15, -0.1) is 0 Å². The molecule has 0 aliphatic heterocycles. The van der Waals surface area contributed by atoms with E-state index in [0.717, 1.165) is 22.4 Å². The van der Waals surface area contributed by atoms with Crippen molar-refractivity contribution in [3.8, 4) is 5.75 Å². The molecule has 0 aliphatic carbocycles. The number of rotatable bonds is 6. The van der Waals surface area contributed by atoms with Crippen LogP contribution in [0.3, 0.4) is 0 Å². The molecule has 1 rings (SSSR count). The molecule has 0 fully saturated rings. The predicted octanol–water partition coefficient (Wildman–Crippen LogP) is 3.92. The van der Waals surface area contributed by atoms with Crippen molar-refractivity contribution in [1.82, 2.24) is 0 Å². The van der Waals surface area contributed by atoms with Crippen LogP contribution in [-0.4, -0.2) is 17.7 Å². The van der Waals surface area contributed by atoms with E-state index in [-0.39, 0.29) is 12.3 Å². The number of aryl methyl sites for hydroxylation is 2. The summed E-state index contributed by atoms with van der Waals surface area (Å²) in [6, 6.07) is 4.10. The third kappa shape index (κ3) is 3.98. The first-order valence-electron chi connectivity index (χ1n) is 6.82. The first kappa shape index (κ1) is 15.5. The van der Waals surface area contributed by atoms with Gasteiger partial charge in [0.15, 0.2) is 0 Å². The minimum Gasteiger partial charge on any atom is -0.494 e. The molecule has 0 bridgehead atoms. The van der Waals surface area contributed by atoms with Gasteiger partial charge in [-0.3, -0.25) is 4.79 Å². The van der Waals surface area contributed by atoms with Crippen LogP contribution in [-0.2, 0) is 4.79 Å². The molecule has 1 N–H and O–H groups in total. The number of ether oxygens (including phenoxy) is 1. The Morgan fingerprint density at radius 1 is 1.26 bits per heavy atom. The second-order valence-electron chi connectivity index (χ2n) is 5.36. The monoisotopic (exact) mass is 264 g/mol. The summed E-state index contributed by atoms with van der Waals surface area (Å²) in [6.45, 7) is 10.8. The zero-order valence-corrected chi connectivity index (χ0v) is 12.5. The molecule has 0 saturated heterocycles. The van der Waals surface area contributed by atoms with Crippen LogP contribution in [0.5, 0.6) is 5.75 Å². The normalized spacial score (nSPS) is 12.5. The van der Waals surface area contributed by atoms with E-state index in [4.69, 9.17) is 9.84 Å². The molecule has 0 heterocycles. The molecule has 1 unspecified atom stereocenters. The lowest BCUT2D eigenvalue weighted by Gasteiger charge is -2.23. The maximum Gasteiger partial charge on any atom is 0.303 e. The largest absolute Gasteiger partial charge is 0.494 e. The van der Waals surface area contributed by atoms with Crippen LogP contribution in [0.4, 0.5) is 0 Å². The van der Waals surface area contributed by atoms with Crippen LogP contribution in [0.25, 0.3) is 0 Å². The number of carboxylic acids is 1. The van der Waals surface area contributed by atoms with Crippen molar-refractivity contribution < 1.29 is 14.6 Å². The minimum atomic E-state index is -0.746. The fourth-order valence-corrected chi connectivity index (χ4v) is 2.42. The molecule has 1 aromatic carbocycles. The van der Waals surface area contributed by atoms with Gasteiger partial charge in [-0.05, 0) is 55.4 Å². The highest BCUT2D eigenvalue weighted by Crippen LogP contribution is 2.34. The van der Waals surface area contributed by atoms with Gasteiger partial charge in [0.1, 0.15) is 5.75 Å². The van der Waals surface area contributed by atoms with Gasteiger partial charge in [0.25, 0.3) is 0 Å². The summed E-state index contributed by atoms with van der Waals surface area (Å²) < 4.78 is 5.58. The minimum absolute atomic E-state index is 0.0480. The predicted molar refractivity (Wildman–Crippen MR) is 76.9 cm³/mol. The van der Waals surface area contributed by atoms with E-state index in [2.05, 4.69) is 19.9 Å². The van der Waals surface area contributed by atoms with Gasteiger partial charge in [0.2, 0.25) is 0 Å². The molecule has 1 atom stereocenters. The standard InChI is InChI=1S/C16H24O3/c1-6-19-15-8-11(4)14(7-12(15)5)13(10(2)3)9-16(17)18/h7-8,10,13H,6,9H2,1-5H3,(H,17,18). The molecule has 0 aromatic heterocycles. The molecular formula is C16H24O3. The number of carbonyl (C=O) groups is 1. The Morgan fingerprint density at radius 2 is 1.89 bits per heavy atom. The summed E-state index contributed by atoms with van der Waals surface area (Å²) in [7, 11) is 0. The lowest BCUT2D eigenvalue weighted by molar-refractivity contribution is -0.137. The number of hydrogen-bond acceptors (Lipinski definition) is 2. The average molecular weight is 264 g/mol. The van der Waals surface area contributed by atoms with Crippen LogP contribution in [0, 0.1) is 19.8 Å². The van der Waals surface area contributed by atoms with Gasteiger partial charge >= 0.3 is 5.97 Å². The highest BCUT2D eigenvalue weighted by Gasteiger charge is 2.22. The molecule has 0 saturated carbocycles. The zero-order chi connectivity index (χ0) is 14.6. The Kier molecular flexibility index (Phi) is 5.40. The third-order valence-electron chi connectivity index (χ3n) is 3.46. The van der Waals surface area contributed by atoms with Crippen LogP contribution in [0.1, 0.15) is 49.8 Å². The van der Waals surface area contributed by atoms with Gasteiger partial charge in [-0.2, -0.15) is 0 Å². The highest BCUT2D eigenvalue weighted by atomic mass is 16.5. The summed E-state index contributed by atoms with van der Waals surface area (Å²) in [5.74, 6) is 0.491. The molecule has 0 aliphatic rings. The molecule has 19 heavy (non-hydrogen) atoms. The van der Waals surface area contributed by atoms with E-state index in [1.165, 1.54) is 0 Å². The lowest BCUT2D eigenvalue weighted by atomic mass is 9.83. The molecule has 3 heteroatoms. The first-order valence-corrected chi connectivity index (χ1v) is 6.82. The molecule has 0 spiro atoms. The van der Waals surface area contributed by atoms with Gasteiger partial charge in [0.05, 0.1) is 13.0 Å². The van der Waals surface area contributed by atoms with E-state index in [0.29, 0.717) is 12.5 Å². The maximum absolute atomic E-state index is 11.0. The molecule has 0 radical (unpaired) electrons. The molecule has 3 nitrogen and oxygen atoms in total. The fraction of sp³-hybridized carbons (Fsp3) is 0.562. The van der Waals surface area contributed by atoms with Crippen LogP contribution < -0.4 is 4.74 Å². The molecule has 106 valence electrons. The third-order valence-corrected chi connectivity index (χ3v) is 3.46. The van der Waals surface area contributed by atoms with Gasteiger partial charge in [-0.1, -0.05) is 19.9 Å². The van der Waals surface area contributed by atoms with Gasteiger partial charge in [-0.25, -0.2) is 0 Å². The lowest BCUT2D eigenvalue weighted by Crippen LogP contribution is -2.14. The summed E-state index contributed by atoms with van der Waals surface area (Å²) >= 11 is 0. The maximum atomic E-state index is 11.0. The Balaban J connectivity index is 3.17. The van der Waals surface area contributed by atoms with Crippen LogP contribution >= 0.6 is 0 Å². The summed E-state index contributed by atoms with van der Waals surface area (Å²) in [4.78, 5) is 11.0. The average Bonchev–Trinajstić information content (AvgIpc) is 2.30. The van der Waals surface area contributed by atoms with Crippen LogP contribution in [0.15, 0.2) is 12.1 Å². The smallest absolute Gasteiger partial charge is 0.303 e. The van der Waals surface area contributed by atoms with E-state index >= 15 is 0 Å². The van der Waals surface area contributed by atoms with Crippen molar-refractivity contribution in [3.63, 3.8) is 0 Å². The summed E-state index contributed by atoms with van der Waals surface area (Å²) in [5.41, 5.74) is 3.30. The number of aliphatic carboxylic acids is 1. The first-order chi connectivity index (χ1) is 8.86. The Bertz CT molecular complexity index is 450. The van der Waals surface area contributed by atoms with Crippen molar-refractivity contribution in [2.75, 3.05) is 6.61 Å². The summed E-state index contributed by atoms with van der Waals surface area (Å²) in [5, 5.41) is 9.07. The Morgan fingerprint density at radius 3 is 2.37 bits per heavy atom. The number of hydrogen-bond donors (Lipinski definition) is 1.